The van der Waals surface area contributed by atoms with Gasteiger partial charge in [0.2, 0.25) is 0 Å². The topological polar surface area (TPSA) is 50.4 Å². The molecule has 5 heteroatoms. The normalized spacial score (nSPS) is 19.6. The van der Waals surface area contributed by atoms with Crippen LogP contribution in [0.25, 0.3) is 0 Å². The predicted molar refractivity (Wildman–Crippen MR) is 76.9 cm³/mol. The Hall–Kier alpha value is -1.26. The molecule has 1 aliphatic rings. The van der Waals surface area contributed by atoms with Crippen LogP contribution in [0.1, 0.15) is 29.6 Å². The molecule has 19 heavy (non-hydrogen) atoms. The van der Waals surface area contributed by atoms with Gasteiger partial charge in [-0.15, -0.1) is 0 Å². The third-order valence-corrected chi connectivity index (χ3v) is 3.60. The van der Waals surface area contributed by atoms with E-state index in [1.807, 2.05) is 0 Å². The molecule has 0 bridgehead atoms. The SMILES string of the molecule is CNC(=O)c1ccc(Cl)c(NC2CCCOCC2)c1. The first kappa shape index (κ1) is 14.2. The molecule has 1 aromatic carbocycles. The second-order valence-electron chi connectivity index (χ2n) is 4.66. The first-order chi connectivity index (χ1) is 9.20. The fourth-order valence-electron chi connectivity index (χ4n) is 2.19. The molecule has 0 aliphatic carbocycles. The molecule has 4 nitrogen and oxygen atoms in total. The Kier molecular flexibility index (Phi) is 5.05. The summed E-state index contributed by atoms with van der Waals surface area (Å²) >= 11 is 6.18. The summed E-state index contributed by atoms with van der Waals surface area (Å²) in [4.78, 5) is 11.6. The summed E-state index contributed by atoms with van der Waals surface area (Å²) in [5, 5.41) is 6.67. The van der Waals surface area contributed by atoms with Crippen molar-refractivity contribution in [1.29, 1.82) is 0 Å². The number of nitrogens with one attached hydrogen (secondary N) is 2. The number of rotatable bonds is 3. The minimum Gasteiger partial charge on any atom is -0.381 e. The smallest absolute Gasteiger partial charge is 0.251 e. The van der Waals surface area contributed by atoms with E-state index in [0.29, 0.717) is 16.6 Å². The Morgan fingerprint density at radius 1 is 1.37 bits per heavy atom. The first-order valence-electron chi connectivity index (χ1n) is 6.56. The van der Waals surface area contributed by atoms with Crippen molar-refractivity contribution < 1.29 is 9.53 Å². The number of hydrogen-bond acceptors (Lipinski definition) is 3. The maximum absolute atomic E-state index is 11.6. The van der Waals surface area contributed by atoms with Gasteiger partial charge in [0.1, 0.15) is 0 Å². The van der Waals surface area contributed by atoms with E-state index in [1.165, 1.54) is 0 Å². The average Bonchev–Trinajstić information content (AvgIpc) is 2.69. The molecule has 0 saturated carbocycles. The molecular weight excluding hydrogens is 264 g/mol. The average molecular weight is 283 g/mol. The molecule has 0 radical (unpaired) electrons. The van der Waals surface area contributed by atoms with Gasteiger partial charge in [0.15, 0.2) is 0 Å². The number of carbonyl (C=O) groups excluding carboxylic acids is 1. The Labute approximate surface area is 118 Å². The Bertz CT molecular complexity index is 443. The molecule has 1 aromatic rings. The van der Waals surface area contributed by atoms with Crippen LogP contribution in [0.2, 0.25) is 5.02 Å². The lowest BCUT2D eigenvalue weighted by molar-refractivity contribution is 0.0963. The molecule has 1 aliphatic heterocycles. The lowest BCUT2D eigenvalue weighted by atomic mass is 10.1. The van der Waals surface area contributed by atoms with Crippen LogP contribution < -0.4 is 10.6 Å². The number of anilines is 1. The quantitative estimate of drug-likeness (QED) is 0.896. The van der Waals surface area contributed by atoms with E-state index in [1.54, 1.807) is 25.2 Å². The van der Waals surface area contributed by atoms with E-state index < -0.39 is 0 Å². The van der Waals surface area contributed by atoms with Gasteiger partial charge in [0, 0.05) is 31.9 Å². The van der Waals surface area contributed by atoms with Crippen LogP contribution in [0.4, 0.5) is 5.69 Å². The van der Waals surface area contributed by atoms with Crippen LogP contribution in [-0.2, 0) is 4.74 Å². The zero-order valence-electron chi connectivity index (χ0n) is 11.0. The summed E-state index contributed by atoms with van der Waals surface area (Å²) < 4.78 is 5.43. The van der Waals surface area contributed by atoms with Crippen LogP contribution in [0.3, 0.4) is 0 Å². The number of benzene rings is 1. The highest BCUT2D eigenvalue weighted by atomic mass is 35.5. The van der Waals surface area contributed by atoms with Crippen LogP contribution >= 0.6 is 11.6 Å². The van der Waals surface area contributed by atoms with Crippen molar-refractivity contribution in [2.45, 2.75) is 25.3 Å². The fourth-order valence-corrected chi connectivity index (χ4v) is 2.36. The van der Waals surface area contributed by atoms with Gasteiger partial charge in [0.05, 0.1) is 10.7 Å². The molecule has 1 atom stereocenters. The molecule has 1 heterocycles. The summed E-state index contributed by atoms with van der Waals surface area (Å²) in [7, 11) is 1.62. The van der Waals surface area contributed by atoms with Crippen molar-refractivity contribution in [1.82, 2.24) is 5.32 Å². The van der Waals surface area contributed by atoms with Crippen molar-refractivity contribution >= 4 is 23.2 Å². The van der Waals surface area contributed by atoms with Crippen molar-refractivity contribution in [3.05, 3.63) is 28.8 Å². The van der Waals surface area contributed by atoms with Crippen molar-refractivity contribution in [3.63, 3.8) is 0 Å². The van der Waals surface area contributed by atoms with Crippen molar-refractivity contribution in [2.24, 2.45) is 0 Å². The van der Waals surface area contributed by atoms with Gasteiger partial charge in [-0.3, -0.25) is 4.79 Å². The first-order valence-corrected chi connectivity index (χ1v) is 6.94. The summed E-state index contributed by atoms with van der Waals surface area (Å²) in [5.41, 5.74) is 1.42. The Balaban J connectivity index is 2.11. The highest BCUT2D eigenvalue weighted by molar-refractivity contribution is 6.33. The van der Waals surface area contributed by atoms with Crippen LogP contribution in [0.5, 0.6) is 0 Å². The maximum Gasteiger partial charge on any atom is 0.251 e. The molecule has 104 valence electrons. The largest absolute Gasteiger partial charge is 0.381 e. The number of amides is 1. The van der Waals surface area contributed by atoms with Crippen LogP contribution in [0.15, 0.2) is 18.2 Å². The summed E-state index contributed by atoms with van der Waals surface area (Å²) in [6.45, 7) is 1.59. The molecule has 1 unspecified atom stereocenters. The zero-order chi connectivity index (χ0) is 13.7. The highest BCUT2D eigenvalue weighted by Crippen LogP contribution is 2.25. The molecule has 0 aromatic heterocycles. The summed E-state index contributed by atoms with van der Waals surface area (Å²) in [6.07, 6.45) is 3.06. The molecule has 1 amide bonds. The number of hydrogen-bond donors (Lipinski definition) is 2. The number of carbonyl (C=O) groups is 1. The van der Waals surface area contributed by atoms with E-state index in [9.17, 15) is 4.79 Å². The summed E-state index contributed by atoms with van der Waals surface area (Å²) in [5.74, 6) is -0.107. The zero-order valence-corrected chi connectivity index (χ0v) is 11.8. The van der Waals surface area contributed by atoms with E-state index in [0.717, 1.165) is 38.2 Å². The minimum absolute atomic E-state index is 0.107. The van der Waals surface area contributed by atoms with Gasteiger partial charge in [0.25, 0.3) is 5.91 Å². The molecule has 1 saturated heterocycles. The second kappa shape index (κ2) is 6.78. The minimum atomic E-state index is -0.107. The standard InChI is InChI=1S/C14H19ClN2O2/c1-16-14(18)10-4-5-12(15)13(9-10)17-11-3-2-7-19-8-6-11/h4-5,9,11,17H,2-3,6-8H2,1H3,(H,16,18). The van der Waals surface area contributed by atoms with Gasteiger partial charge in [-0.05, 0) is 37.5 Å². The van der Waals surface area contributed by atoms with Crippen molar-refractivity contribution in [3.8, 4) is 0 Å². The molecule has 0 spiro atoms. The Morgan fingerprint density at radius 3 is 3.00 bits per heavy atom. The molecule has 2 rings (SSSR count). The maximum atomic E-state index is 11.6. The van der Waals surface area contributed by atoms with Crippen LogP contribution in [-0.4, -0.2) is 32.2 Å². The third kappa shape index (κ3) is 3.85. The number of halogens is 1. The van der Waals surface area contributed by atoms with Crippen molar-refractivity contribution in [2.75, 3.05) is 25.6 Å². The lowest BCUT2D eigenvalue weighted by Gasteiger charge is -2.18. The molecule has 2 N–H and O–H groups in total. The predicted octanol–water partition coefficient (Wildman–Crippen LogP) is 2.68. The van der Waals surface area contributed by atoms with E-state index in [2.05, 4.69) is 10.6 Å². The van der Waals surface area contributed by atoms with E-state index in [-0.39, 0.29) is 5.91 Å². The van der Waals surface area contributed by atoms with Crippen LogP contribution in [0, 0.1) is 0 Å². The van der Waals surface area contributed by atoms with Gasteiger partial charge < -0.3 is 15.4 Å². The van der Waals surface area contributed by atoms with Gasteiger partial charge in [-0.1, -0.05) is 11.6 Å². The van der Waals surface area contributed by atoms with E-state index >= 15 is 0 Å². The second-order valence-corrected chi connectivity index (χ2v) is 5.07. The van der Waals surface area contributed by atoms with Gasteiger partial charge in [-0.25, -0.2) is 0 Å². The molecular formula is C14H19ClN2O2. The Morgan fingerprint density at radius 2 is 2.21 bits per heavy atom. The third-order valence-electron chi connectivity index (χ3n) is 3.27. The fraction of sp³-hybridized carbons (Fsp3) is 0.500. The lowest BCUT2D eigenvalue weighted by Crippen LogP contribution is -2.21. The van der Waals surface area contributed by atoms with E-state index in [4.69, 9.17) is 16.3 Å². The van der Waals surface area contributed by atoms with Gasteiger partial charge >= 0.3 is 0 Å². The van der Waals surface area contributed by atoms with Gasteiger partial charge in [-0.2, -0.15) is 0 Å². The summed E-state index contributed by atoms with van der Waals surface area (Å²) in [6, 6.07) is 5.62. The molecule has 1 fully saturated rings. The monoisotopic (exact) mass is 282 g/mol. The highest BCUT2D eigenvalue weighted by Gasteiger charge is 2.14. The number of ether oxygens (including phenoxy) is 1.